The van der Waals surface area contributed by atoms with Crippen molar-refractivity contribution >= 4 is 33.5 Å². The van der Waals surface area contributed by atoms with Crippen LogP contribution in [0.5, 0.6) is 0 Å². The molecule has 3 N–H and O–H groups in total. The van der Waals surface area contributed by atoms with Gasteiger partial charge in [0.25, 0.3) is 0 Å². The predicted octanol–water partition coefficient (Wildman–Crippen LogP) is -0.00960. The third kappa shape index (κ3) is 8.25. The fourth-order valence-electron chi connectivity index (χ4n) is 1.19. The van der Waals surface area contributed by atoms with Gasteiger partial charge in [-0.2, -0.15) is 12.7 Å². The van der Waals surface area contributed by atoms with E-state index in [1.165, 1.54) is 7.11 Å². The Hall–Kier alpha value is -0.970. The quantitative estimate of drug-likeness (QED) is 0.573. The molecule has 0 spiro atoms. The SMILES string of the molecule is COCCN(CCC(N)=S)S(=O)(=O)NC(=O)OC(C)C. The Labute approximate surface area is 124 Å². The van der Waals surface area contributed by atoms with E-state index in [0.29, 0.717) is 0 Å². The van der Waals surface area contributed by atoms with Crippen LogP contribution in [0.15, 0.2) is 0 Å². The zero-order valence-electron chi connectivity index (χ0n) is 11.8. The molecule has 0 heterocycles. The summed E-state index contributed by atoms with van der Waals surface area (Å²) in [7, 11) is -2.58. The van der Waals surface area contributed by atoms with E-state index in [1.807, 2.05) is 4.72 Å². The first-order valence-electron chi connectivity index (χ1n) is 5.94. The summed E-state index contributed by atoms with van der Waals surface area (Å²) < 4.78 is 36.4. The van der Waals surface area contributed by atoms with Crippen LogP contribution in [0, 0.1) is 0 Å². The monoisotopic (exact) mass is 327 g/mol. The van der Waals surface area contributed by atoms with Gasteiger partial charge < -0.3 is 15.2 Å². The lowest BCUT2D eigenvalue weighted by molar-refractivity contribution is 0.120. The van der Waals surface area contributed by atoms with Crippen LogP contribution in [0.1, 0.15) is 20.3 Å². The summed E-state index contributed by atoms with van der Waals surface area (Å²) in [5.74, 6) is 0. The van der Waals surface area contributed by atoms with Crippen molar-refractivity contribution in [3.63, 3.8) is 0 Å². The standard InChI is InChI=1S/C10H21N3O5S2/c1-8(2)18-10(14)12-20(15,16)13(6-7-17-3)5-4-9(11)19/h8H,4-7H2,1-3H3,(H2,11,19)(H,12,14). The van der Waals surface area contributed by atoms with E-state index in [0.717, 1.165) is 4.31 Å². The van der Waals surface area contributed by atoms with Crippen molar-refractivity contribution in [3.05, 3.63) is 0 Å². The van der Waals surface area contributed by atoms with E-state index in [2.05, 4.69) is 0 Å². The molecule has 0 atom stereocenters. The summed E-state index contributed by atoms with van der Waals surface area (Å²) in [6.45, 7) is 3.54. The summed E-state index contributed by atoms with van der Waals surface area (Å²) >= 11 is 4.71. The molecule has 0 aliphatic rings. The fraction of sp³-hybridized carbons (Fsp3) is 0.800. The molecule has 8 nitrogen and oxygen atoms in total. The van der Waals surface area contributed by atoms with Crippen LogP contribution in [0.2, 0.25) is 0 Å². The molecule has 0 fully saturated rings. The van der Waals surface area contributed by atoms with E-state index >= 15 is 0 Å². The molecule has 0 unspecified atom stereocenters. The van der Waals surface area contributed by atoms with Crippen molar-refractivity contribution in [2.75, 3.05) is 26.8 Å². The lowest BCUT2D eigenvalue weighted by Gasteiger charge is -2.21. The largest absolute Gasteiger partial charge is 0.446 e. The van der Waals surface area contributed by atoms with Gasteiger partial charge in [0, 0.05) is 26.6 Å². The Bertz CT molecular complexity index is 425. The second-order valence-electron chi connectivity index (χ2n) is 4.17. The molecule has 118 valence electrons. The van der Waals surface area contributed by atoms with E-state index in [1.54, 1.807) is 13.8 Å². The fourth-order valence-corrected chi connectivity index (χ4v) is 2.31. The number of carbonyl (C=O) groups is 1. The molecule has 0 saturated heterocycles. The Morgan fingerprint density at radius 3 is 2.45 bits per heavy atom. The van der Waals surface area contributed by atoms with Crippen LogP contribution < -0.4 is 10.5 Å². The molecule has 0 aliphatic carbocycles. The highest BCUT2D eigenvalue weighted by molar-refractivity contribution is 7.87. The van der Waals surface area contributed by atoms with E-state index < -0.39 is 22.4 Å². The number of ether oxygens (including phenoxy) is 2. The van der Waals surface area contributed by atoms with Gasteiger partial charge in [0.1, 0.15) is 0 Å². The zero-order chi connectivity index (χ0) is 15.8. The molecule has 10 heteroatoms. The van der Waals surface area contributed by atoms with Crippen LogP contribution in [-0.2, 0) is 19.7 Å². The van der Waals surface area contributed by atoms with Crippen LogP contribution >= 0.6 is 12.2 Å². The molecular weight excluding hydrogens is 306 g/mol. The molecule has 0 radical (unpaired) electrons. The van der Waals surface area contributed by atoms with Gasteiger partial charge in [0.15, 0.2) is 0 Å². The zero-order valence-corrected chi connectivity index (χ0v) is 13.4. The first-order valence-corrected chi connectivity index (χ1v) is 7.79. The maximum Gasteiger partial charge on any atom is 0.422 e. The average molecular weight is 327 g/mol. The summed E-state index contributed by atoms with van der Waals surface area (Å²) in [6, 6.07) is 0. The molecule has 0 rings (SSSR count). The average Bonchev–Trinajstić information content (AvgIpc) is 2.25. The summed E-state index contributed by atoms with van der Waals surface area (Å²) in [5.41, 5.74) is 5.35. The second-order valence-corrected chi connectivity index (χ2v) is 6.36. The van der Waals surface area contributed by atoms with E-state index in [9.17, 15) is 13.2 Å². The van der Waals surface area contributed by atoms with Crippen LogP contribution in [0.4, 0.5) is 4.79 Å². The van der Waals surface area contributed by atoms with Crippen LogP contribution in [0.25, 0.3) is 0 Å². The number of nitrogens with zero attached hydrogens (tertiary/aromatic N) is 1. The Morgan fingerprint density at radius 2 is 2.00 bits per heavy atom. The summed E-state index contributed by atoms with van der Waals surface area (Å²) in [6.07, 6.45) is -1.24. The molecular formula is C10H21N3O5S2. The predicted molar refractivity (Wildman–Crippen MR) is 78.5 cm³/mol. The van der Waals surface area contributed by atoms with Crippen molar-refractivity contribution in [3.8, 4) is 0 Å². The van der Waals surface area contributed by atoms with E-state index in [-0.39, 0.29) is 31.1 Å². The first-order chi connectivity index (χ1) is 9.19. The number of hydrogen-bond acceptors (Lipinski definition) is 6. The Balaban J connectivity index is 4.74. The number of amides is 1. The maximum absolute atomic E-state index is 12.0. The van der Waals surface area contributed by atoms with Gasteiger partial charge in [-0.3, -0.25) is 0 Å². The third-order valence-electron chi connectivity index (χ3n) is 2.05. The normalized spacial score (nSPS) is 11.7. The number of methoxy groups -OCH3 is 1. The lowest BCUT2D eigenvalue weighted by atomic mass is 10.4. The Morgan fingerprint density at radius 1 is 1.40 bits per heavy atom. The van der Waals surface area contributed by atoms with Crippen molar-refractivity contribution in [2.24, 2.45) is 5.73 Å². The number of hydrogen-bond donors (Lipinski definition) is 2. The molecule has 0 aromatic carbocycles. The van der Waals surface area contributed by atoms with Gasteiger partial charge in [-0.25, -0.2) is 9.52 Å². The van der Waals surface area contributed by atoms with Gasteiger partial charge >= 0.3 is 16.3 Å². The molecule has 0 saturated carbocycles. The van der Waals surface area contributed by atoms with Crippen molar-refractivity contribution in [1.29, 1.82) is 0 Å². The number of thiocarbonyl (C=S) groups is 1. The molecule has 20 heavy (non-hydrogen) atoms. The number of rotatable bonds is 9. The highest BCUT2D eigenvalue weighted by atomic mass is 32.2. The number of nitrogens with one attached hydrogen (secondary N) is 1. The minimum atomic E-state index is -4.02. The maximum atomic E-state index is 12.0. The smallest absolute Gasteiger partial charge is 0.422 e. The van der Waals surface area contributed by atoms with Gasteiger partial charge in [0.2, 0.25) is 0 Å². The number of nitrogens with two attached hydrogens (primary N) is 1. The van der Waals surface area contributed by atoms with Crippen molar-refractivity contribution in [2.45, 2.75) is 26.4 Å². The summed E-state index contributed by atoms with van der Waals surface area (Å²) in [5, 5.41) is 0. The topological polar surface area (TPSA) is 111 Å². The van der Waals surface area contributed by atoms with Gasteiger partial charge in [-0.05, 0) is 13.8 Å². The lowest BCUT2D eigenvalue weighted by Crippen LogP contribution is -2.46. The highest BCUT2D eigenvalue weighted by Gasteiger charge is 2.25. The molecule has 0 aliphatic heterocycles. The van der Waals surface area contributed by atoms with Crippen LogP contribution in [0.3, 0.4) is 0 Å². The summed E-state index contributed by atoms with van der Waals surface area (Å²) in [4.78, 5) is 11.6. The number of carbonyl (C=O) groups excluding carboxylic acids is 1. The molecule has 1 amide bonds. The molecule has 0 aromatic heterocycles. The third-order valence-corrected chi connectivity index (χ3v) is 3.72. The minimum Gasteiger partial charge on any atom is -0.446 e. The van der Waals surface area contributed by atoms with Gasteiger partial charge in [0.05, 0.1) is 17.7 Å². The Kier molecular flexibility index (Phi) is 8.62. The van der Waals surface area contributed by atoms with Crippen molar-refractivity contribution in [1.82, 2.24) is 9.03 Å². The van der Waals surface area contributed by atoms with Crippen molar-refractivity contribution < 1.29 is 22.7 Å². The first kappa shape index (κ1) is 19.0. The van der Waals surface area contributed by atoms with E-state index in [4.69, 9.17) is 27.4 Å². The van der Waals surface area contributed by atoms with Gasteiger partial charge in [-0.15, -0.1) is 0 Å². The molecule has 0 bridgehead atoms. The highest BCUT2D eigenvalue weighted by Crippen LogP contribution is 2.02. The second kappa shape index (κ2) is 9.06. The minimum absolute atomic E-state index is 0.0585. The van der Waals surface area contributed by atoms with Gasteiger partial charge in [-0.1, -0.05) is 12.2 Å². The van der Waals surface area contributed by atoms with Crippen LogP contribution in [-0.4, -0.2) is 56.7 Å². The molecule has 0 aromatic rings.